The number of aromatic nitrogens is 2. The maximum absolute atomic E-state index is 12.4. The molecule has 0 aliphatic carbocycles. The molecule has 6 nitrogen and oxygen atoms in total. The SMILES string of the molecule is CCCCc1nc2ccc(NC(=O)CCC3Cc4ccccc4NC3=O)cc2[nH]1. The number of H-pyrrole nitrogens is 1. The molecule has 0 spiro atoms. The van der Waals surface area contributed by atoms with Gasteiger partial charge in [-0.1, -0.05) is 31.5 Å². The molecule has 4 rings (SSSR count). The lowest BCUT2D eigenvalue weighted by Crippen LogP contribution is -2.30. The van der Waals surface area contributed by atoms with Crippen LogP contribution in [0.5, 0.6) is 0 Å². The summed E-state index contributed by atoms with van der Waals surface area (Å²) >= 11 is 0. The monoisotopic (exact) mass is 390 g/mol. The van der Waals surface area contributed by atoms with Gasteiger partial charge >= 0.3 is 0 Å². The molecule has 2 amide bonds. The number of para-hydroxylation sites is 1. The number of benzene rings is 2. The maximum Gasteiger partial charge on any atom is 0.227 e. The Balaban J connectivity index is 1.34. The Hall–Kier alpha value is -3.15. The van der Waals surface area contributed by atoms with Crippen molar-refractivity contribution in [3.8, 4) is 0 Å². The third kappa shape index (κ3) is 4.47. The number of aromatic amines is 1. The molecule has 3 aromatic rings. The van der Waals surface area contributed by atoms with Crippen LogP contribution in [0.3, 0.4) is 0 Å². The van der Waals surface area contributed by atoms with Crippen molar-refractivity contribution >= 4 is 34.2 Å². The van der Waals surface area contributed by atoms with E-state index in [0.717, 1.165) is 53.1 Å². The van der Waals surface area contributed by atoms with Crippen molar-refractivity contribution in [3.05, 3.63) is 53.9 Å². The smallest absolute Gasteiger partial charge is 0.227 e. The summed E-state index contributed by atoms with van der Waals surface area (Å²) in [4.78, 5) is 32.6. The number of aryl methyl sites for hydroxylation is 1. The fourth-order valence-electron chi connectivity index (χ4n) is 3.78. The molecule has 1 aromatic heterocycles. The molecule has 0 bridgehead atoms. The molecule has 3 N–H and O–H groups in total. The molecule has 0 fully saturated rings. The number of imidazole rings is 1. The van der Waals surface area contributed by atoms with Crippen LogP contribution in [0.15, 0.2) is 42.5 Å². The van der Waals surface area contributed by atoms with Crippen molar-refractivity contribution < 1.29 is 9.59 Å². The average molecular weight is 390 g/mol. The maximum atomic E-state index is 12.4. The van der Waals surface area contributed by atoms with Gasteiger partial charge in [0.05, 0.1) is 11.0 Å². The van der Waals surface area contributed by atoms with Crippen LogP contribution in [-0.4, -0.2) is 21.8 Å². The van der Waals surface area contributed by atoms with E-state index in [4.69, 9.17) is 0 Å². The number of rotatable bonds is 7. The van der Waals surface area contributed by atoms with Gasteiger partial charge in [0.15, 0.2) is 0 Å². The van der Waals surface area contributed by atoms with Crippen LogP contribution in [0.25, 0.3) is 11.0 Å². The quantitative estimate of drug-likeness (QED) is 0.557. The summed E-state index contributed by atoms with van der Waals surface area (Å²) in [7, 11) is 0. The number of hydrogen-bond donors (Lipinski definition) is 3. The summed E-state index contributed by atoms with van der Waals surface area (Å²) in [5.41, 5.74) is 4.58. The van der Waals surface area contributed by atoms with E-state index in [0.29, 0.717) is 19.3 Å². The van der Waals surface area contributed by atoms with Crippen molar-refractivity contribution in [3.63, 3.8) is 0 Å². The summed E-state index contributed by atoms with van der Waals surface area (Å²) in [6.07, 6.45) is 4.67. The molecule has 29 heavy (non-hydrogen) atoms. The molecule has 0 radical (unpaired) electrons. The largest absolute Gasteiger partial charge is 0.342 e. The summed E-state index contributed by atoms with van der Waals surface area (Å²) in [6.45, 7) is 2.16. The fourth-order valence-corrected chi connectivity index (χ4v) is 3.78. The summed E-state index contributed by atoms with van der Waals surface area (Å²) < 4.78 is 0. The van der Waals surface area contributed by atoms with Gasteiger partial charge in [-0.2, -0.15) is 0 Å². The Labute approximate surface area is 170 Å². The lowest BCUT2D eigenvalue weighted by Gasteiger charge is -2.24. The van der Waals surface area contributed by atoms with Gasteiger partial charge in [-0.3, -0.25) is 9.59 Å². The fraction of sp³-hybridized carbons (Fsp3) is 0.348. The van der Waals surface area contributed by atoms with Gasteiger partial charge in [0.25, 0.3) is 0 Å². The first-order chi connectivity index (χ1) is 14.1. The highest BCUT2D eigenvalue weighted by Gasteiger charge is 2.26. The minimum absolute atomic E-state index is 0.00464. The number of unbranched alkanes of at least 4 members (excludes halogenated alkanes) is 1. The molecule has 6 heteroatoms. The van der Waals surface area contributed by atoms with Crippen molar-refractivity contribution in [2.24, 2.45) is 5.92 Å². The molecule has 1 atom stereocenters. The van der Waals surface area contributed by atoms with E-state index in [-0.39, 0.29) is 17.7 Å². The minimum atomic E-state index is -0.174. The molecule has 1 unspecified atom stereocenters. The van der Waals surface area contributed by atoms with Gasteiger partial charge in [0.1, 0.15) is 5.82 Å². The predicted molar refractivity (Wildman–Crippen MR) is 115 cm³/mol. The zero-order valence-corrected chi connectivity index (χ0v) is 16.6. The highest BCUT2D eigenvalue weighted by molar-refractivity contribution is 5.97. The van der Waals surface area contributed by atoms with E-state index in [2.05, 4.69) is 27.5 Å². The lowest BCUT2D eigenvalue weighted by molar-refractivity contribution is -0.121. The molecule has 0 saturated heterocycles. The minimum Gasteiger partial charge on any atom is -0.342 e. The summed E-state index contributed by atoms with van der Waals surface area (Å²) in [6, 6.07) is 13.5. The van der Waals surface area contributed by atoms with Crippen molar-refractivity contribution in [1.82, 2.24) is 9.97 Å². The van der Waals surface area contributed by atoms with E-state index in [1.165, 1.54) is 0 Å². The van der Waals surface area contributed by atoms with Crippen molar-refractivity contribution in [2.75, 3.05) is 10.6 Å². The number of nitrogens with one attached hydrogen (secondary N) is 3. The second kappa shape index (κ2) is 8.47. The lowest BCUT2D eigenvalue weighted by atomic mass is 9.89. The second-order valence-electron chi connectivity index (χ2n) is 7.65. The number of anilines is 2. The Bertz CT molecular complexity index is 1040. The van der Waals surface area contributed by atoms with Gasteiger partial charge in [0.2, 0.25) is 11.8 Å². The zero-order chi connectivity index (χ0) is 20.2. The van der Waals surface area contributed by atoms with Crippen molar-refractivity contribution in [2.45, 2.75) is 45.4 Å². The van der Waals surface area contributed by atoms with Crippen LogP contribution in [-0.2, 0) is 22.4 Å². The Morgan fingerprint density at radius 1 is 1.24 bits per heavy atom. The second-order valence-corrected chi connectivity index (χ2v) is 7.65. The molecule has 1 aliphatic rings. The summed E-state index contributed by atoms with van der Waals surface area (Å²) in [5, 5.41) is 5.88. The van der Waals surface area contributed by atoms with Gasteiger partial charge in [-0.25, -0.2) is 4.98 Å². The van der Waals surface area contributed by atoms with Crippen LogP contribution < -0.4 is 10.6 Å². The van der Waals surface area contributed by atoms with Gasteiger partial charge < -0.3 is 15.6 Å². The summed E-state index contributed by atoms with van der Waals surface area (Å²) in [5.74, 6) is 0.720. The Morgan fingerprint density at radius 2 is 2.10 bits per heavy atom. The molecule has 2 aromatic carbocycles. The third-order valence-electron chi connectivity index (χ3n) is 5.41. The van der Waals surface area contributed by atoms with E-state index >= 15 is 0 Å². The Kier molecular flexibility index (Phi) is 5.60. The van der Waals surface area contributed by atoms with E-state index in [1.54, 1.807) is 0 Å². The van der Waals surface area contributed by atoms with Crippen LogP contribution >= 0.6 is 0 Å². The van der Waals surface area contributed by atoms with Crippen LogP contribution in [0.1, 0.15) is 44.0 Å². The first kappa shape index (κ1) is 19.2. The average Bonchev–Trinajstić information content (AvgIpc) is 3.12. The van der Waals surface area contributed by atoms with E-state index < -0.39 is 0 Å². The number of fused-ring (bicyclic) bond motifs is 2. The van der Waals surface area contributed by atoms with E-state index in [9.17, 15) is 9.59 Å². The first-order valence-corrected chi connectivity index (χ1v) is 10.3. The number of hydrogen-bond acceptors (Lipinski definition) is 3. The normalized spacial score (nSPS) is 15.8. The van der Waals surface area contributed by atoms with E-state index in [1.807, 2.05) is 42.5 Å². The number of nitrogens with zero attached hydrogens (tertiary/aromatic N) is 1. The predicted octanol–water partition coefficient (Wildman–Crippen LogP) is 4.44. The molecule has 150 valence electrons. The third-order valence-corrected chi connectivity index (χ3v) is 5.41. The van der Waals surface area contributed by atoms with Gasteiger partial charge in [-0.15, -0.1) is 0 Å². The van der Waals surface area contributed by atoms with Gasteiger partial charge in [0, 0.05) is 30.1 Å². The van der Waals surface area contributed by atoms with Crippen molar-refractivity contribution in [1.29, 1.82) is 0 Å². The highest BCUT2D eigenvalue weighted by Crippen LogP contribution is 2.27. The highest BCUT2D eigenvalue weighted by atomic mass is 16.2. The van der Waals surface area contributed by atoms with Crippen LogP contribution in [0, 0.1) is 5.92 Å². The molecule has 1 aliphatic heterocycles. The van der Waals surface area contributed by atoms with Gasteiger partial charge in [-0.05, 0) is 49.1 Å². The number of amides is 2. The van der Waals surface area contributed by atoms with Crippen LogP contribution in [0.2, 0.25) is 0 Å². The zero-order valence-electron chi connectivity index (χ0n) is 16.6. The van der Waals surface area contributed by atoms with Crippen LogP contribution in [0.4, 0.5) is 11.4 Å². The molecule has 2 heterocycles. The molecular formula is C23H26N4O2. The first-order valence-electron chi connectivity index (χ1n) is 10.3. The Morgan fingerprint density at radius 3 is 2.97 bits per heavy atom. The molecular weight excluding hydrogens is 364 g/mol. The topological polar surface area (TPSA) is 86.9 Å². The standard InChI is InChI=1S/C23H26N4O2/c1-2-3-8-21-25-19-11-10-17(14-20(19)26-21)24-22(28)12-9-16-13-15-6-4-5-7-18(15)27-23(16)29/h4-7,10-11,14,16H,2-3,8-9,12-13H2,1H3,(H,24,28)(H,25,26)(H,27,29). The number of carbonyl (C=O) groups is 2. The number of carbonyl (C=O) groups excluding carboxylic acids is 2. The molecule has 0 saturated carbocycles.